The predicted octanol–water partition coefficient (Wildman–Crippen LogP) is 5.04. The van der Waals surface area contributed by atoms with Crippen LogP contribution in [0.1, 0.15) is 63.5 Å². The van der Waals surface area contributed by atoms with Gasteiger partial charge in [0.25, 0.3) is 0 Å². The maximum absolute atomic E-state index is 12.5. The van der Waals surface area contributed by atoms with Crippen molar-refractivity contribution >= 4 is 18.0 Å². The molecule has 0 unspecified atom stereocenters. The van der Waals surface area contributed by atoms with Crippen LogP contribution in [0.15, 0.2) is 48.5 Å². The van der Waals surface area contributed by atoms with Crippen molar-refractivity contribution in [3.63, 3.8) is 0 Å². The van der Waals surface area contributed by atoms with Crippen LogP contribution in [0, 0.1) is 5.41 Å². The number of carbonyl (C=O) groups excluding carboxylic acids is 2. The van der Waals surface area contributed by atoms with E-state index in [1.807, 2.05) is 45.0 Å². The van der Waals surface area contributed by atoms with Crippen molar-refractivity contribution in [3.8, 4) is 11.1 Å². The first kappa shape index (κ1) is 26.3. The van der Waals surface area contributed by atoms with Gasteiger partial charge in [-0.3, -0.25) is 9.59 Å². The maximum atomic E-state index is 12.5. The minimum absolute atomic E-state index is 0.0287. The molecular formula is C28H36N2O5. The molecule has 0 radical (unpaired) electrons. The minimum Gasteiger partial charge on any atom is -0.480 e. The summed E-state index contributed by atoms with van der Waals surface area (Å²) in [5.74, 6) is -1.12. The number of nitrogens with zero attached hydrogens (tertiary/aromatic N) is 1. The summed E-state index contributed by atoms with van der Waals surface area (Å²) in [5.41, 5.74) is 4.56. The molecule has 0 aromatic heterocycles. The number of aliphatic carboxylic acids is 1. The van der Waals surface area contributed by atoms with Gasteiger partial charge < -0.3 is 20.1 Å². The monoisotopic (exact) mass is 480 g/mol. The van der Waals surface area contributed by atoms with Crippen LogP contribution in [0.4, 0.5) is 4.79 Å². The van der Waals surface area contributed by atoms with Crippen molar-refractivity contribution in [2.24, 2.45) is 5.41 Å². The van der Waals surface area contributed by atoms with Gasteiger partial charge in [-0.2, -0.15) is 0 Å². The van der Waals surface area contributed by atoms with Gasteiger partial charge in [-0.25, -0.2) is 4.79 Å². The van der Waals surface area contributed by atoms with E-state index in [0.717, 1.165) is 12.8 Å². The molecule has 2 N–H and O–H groups in total. The highest BCUT2D eigenvalue weighted by atomic mass is 16.5. The standard InChI is InChI=1S/C28H36N2O5/c1-28(2,3)19-30(17-26(32)33)25(31)15-5-4-10-16-29-27(34)35-18-24-22-13-8-6-11-20(22)21-12-7-9-14-23(21)24/h6-9,11-14,24H,4-5,10,15-19H2,1-3H3,(H,29,34)(H,32,33). The molecule has 0 bridgehead atoms. The van der Waals surface area contributed by atoms with Crippen LogP contribution >= 0.6 is 0 Å². The zero-order valence-electron chi connectivity index (χ0n) is 20.9. The Morgan fingerprint density at radius 1 is 0.943 bits per heavy atom. The number of unbranched alkanes of at least 4 members (excludes halogenated alkanes) is 2. The average Bonchev–Trinajstić information content (AvgIpc) is 3.12. The van der Waals surface area contributed by atoms with Gasteiger partial charge in [0.1, 0.15) is 13.2 Å². The highest BCUT2D eigenvalue weighted by molar-refractivity contribution is 5.81. The van der Waals surface area contributed by atoms with Crippen molar-refractivity contribution in [2.45, 2.75) is 52.4 Å². The molecule has 0 heterocycles. The van der Waals surface area contributed by atoms with Gasteiger partial charge in [-0.05, 0) is 40.5 Å². The smallest absolute Gasteiger partial charge is 0.407 e. The topological polar surface area (TPSA) is 95.9 Å². The van der Waals surface area contributed by atoms with E-state index < -0.39 is 12.1 Å². The molecule has 188 valence electrons. The first-order valence-corrected chi connectivity index (χ1v) is 12.2. The quantitative estimate of drug-likeness (QED) is 0.439. The van der Waals surface area contributed by atoms with E-state index in [1.54, 1.807) is 0 Å². The summed E-state index contributed by atoms with van der Waals surface area (Å²) in [4.78, 5) is 37.2. The summed E-state index contributed by atoms with van der Waals surface area (Å²) in [6.07, 6.45) is 1.97. The molecule has 3 rings (SSSR count). The molecule has 0 atom stereocenters. The van der Waals surface area contributed by atoms with Gasteiger partial charge >= 0.3 is 12.1 Å². The molecule has 0 spiro atoms. The van der Waals surface area contributed by atoms with Crippen molar-refractivity contribution in [2.75, 3.05) is 26.2 Å². The summed E-state index contributed by atoms with van der Waals surface area (Å²) in [7, 11) is 0. The second-order valence-electron chi connectivity index (χ2n) is 10.3. The zero-order valence-corrected chi connectivity index (χ0v) is 20.9. The lowest BCUT2D eigenvalue weighted by Crippen LogP contribution is -2.40. The van der Waals surface area contributed by atoms with Gasteiger partial charge in [0.15, 0.2) is 0 Å². The Kier molecular flexibility index (Phi) is 8.90. The fraction of sp³-hybridized carbons (Fsp3) is 0.464. The number of hydrogen-bond acceptors (Lipinski definition) is 4. The lowest BCUT2D eigenvalue weighted by molar-refractivity contribution is -0.145. The average molecular weight is 481 g/mol. The molecule has 2 amide bonds. The van der Waals surface area contributed by atoms with Gasteiger partial charge in [-0.1, -0.05) is 75.7 Å². The normalized spacial score (nSPS) is 12.5. The molecular weight excluding hydrogens is 444 g/mol. The van der Waals surface area contributed by atoms with Crippen LogP contribution in [0.5, 0.6) is 0 Å². The molecule has 0 fully saturated rings. The summed E-state index contributed by atoms with van der Waals surface area (Å²) >= 11 is 0. The second-order valence-corrected chi connectivity index (χ2v) is 10.3. The first-order valence-electron chi connectivity index (χ1n) is 12.2. The highest BCUT2D eigenvalue weighted by Crippen LogP contribution is 2.44. The zero-order chi connectivity index (χ0) is 25.4. The Labute approximate surface area is 207 Å². The number of benzene rings is 2. The maximum Gasteiger partial charge on any atom is 0.407 e. The number of nitrogens with one attached hydrogen (secondary N) is 1. The lowest BCUT2D eigenvalue weighted by Gasteiger charge is -2.28. The molecule has 0 saturated carbocycles. The second kappa shape index (κ2) is 11.9. The number of fused-ring (bicyclic) bond motifs is 3. The van der Waals surface area contributed by atoms with Crippen LogP contribution in [-0.4, -0.2) is 54.2 Å². The van der Waals surface area contributed by atoms with Crippen molar-refractivity contribution in [1.82, 2.24) is 10.2 Å². The van der Waals surface area contributed by atoms with Crippen LogP contribution in [0.3, 0.4) is 0 Å². The van der Waals surface area contributed by atoms with E-state index in [9.17, 15) is 14.4 Å². The van der Waals surface area contributed by atoms with Crippen LogP contribution in [0.25, 0.3) is 11.1 Å². The van der Waals surface area contributed by atoms with Crippen molar-refractivity contribution < 1.29 is 24.2 Å². The lowest BCUT2D eigenvalue weighted by atomic mass is 9.95. The third-order valence-corrected chi connectivity index (χ3v) is 6.02. The van der Waals surface area contributed by atoms with Gasteiger partial charge in [0, 0.05) is 25.4 Å². The molecule has 1 aliphatic carbocycles. The number of carboxylic acid groups (broad SMARTS) is 1. The fourth-order valence-electron chi connectivity index (χ4n) is 4.54. The molecule has 0 aliphatic heterocycles. The third kappa shape index (κ3) is 7.57. The number of rotatable bonds is 11. The molecule has 1 aliphatic rings. The number of alkyl carbamates (subject to hydrolysis) is 1. The summed E-state index contributed by atoms with van der Waals surface area (Å²) in [6.45, 7) is 6.80. The molecule has 35 heavy (non-hydrogen) atoms. The predicted molar refractivity (Wildman–Crippen MR) is 135 cm³/mol. The van der Waals surface area contributed by atoms with Crippen LogP contribution in [-0.2, 0) is 14.3 Å². The summed E-state index contributed by atoms with van der Waals surface area (Å²) in [5, 5.41) is 11.9. The minimum atomic E-state index is -1.00. The van der Waals surface area contributed by atoms with E-state index in [0.29, 0.717) is 25.9 Å². The van der Waals surface area contributed by atoms with Crippen molar-refractivity contribution in [1.29, 1.82) is 0 Å². The molecule has 0 saturated heterocycles. The highest BCUT2D eigenvalue weighted by Gasteiger charge is 2.29. The number of carboxylic acids is 1. The SMILES string of the molecule is CC(C)(C)CN(CC(=O)O)C(=O)CCCCCNC(=O)OCC1c2ccccc2-c2ccccc21. The number of hydrogen-bond donors (Lipinski definition) is 2. The molecule has 2 aromatic carbocycles. The summed E-state index contributed by atoms with van der Waals surface area (Å²) in [6, 6.07) is 16.4. The largest absolute Gasteiger partial charge is 0.480 e. The Balaban J connectivity index is 1.36. The Hall–Kier alpha value is -3.35. The van der Waals surface area contributed by atoms with E-state index >= 15 is 0 Å². The van der Waals surface area contributed by atoms with E-state index in [-0.39, 0.29) is 30.4 Å². The molecule has 7 heteroatoms. The van der Waals surface area contributed by atoms with E-state index in [2.05, 4.69) is 29.6 Å². The summed E-state index contributed by atoms with van der Waals surface area (Å²) < 4.78 is 5.53. The fourth-order valence-corrected chi connectivity index (χ4v) is 4.54. The van der Waals surface area contributed by atoms with Crippen LogP contribution in [0.2, 0.25) is 0 Å². The van der Waals surface area contributed by atoms with Crippen molar-refractivity contribution in [3.05, 3.63) is 59.7 Å². The molecule has 7 nitrogen and oxygen atoms in total. The Morgan fingerprint density at radius 3 is 2.11 bits per heavy atom. The van der Waals surface area contributed by atoms with E-state index in [1.165, 1.54) is 27.2 Å². The molecule has 2 aromatic rings. The van der Waals surface area contributed by atoms with E-state index in [4.69, 9.17) is 9.84 Å². The number of ether oxygens (including phenoxy) is 1. The first-order chi connectivity index (χ1) is 16.7. The Bertz CT molecular complexity index is 998. The Morgan fingerprint density at radius 2 is 1.54 bits per heavy atom. The van der Waals surface area contributed by atoms with Gasteiger partial charge in [-0.15, -0.1) is 0 Å². The number of carbonyl (C=O) groups is 3. The van der Waals surface area contributed by atoms with Crippen LogP contribution < -0.4 is 5.32 Å². The third-order valence-electron chi connectivity index (χ3n) is 6.02. The van der Waals surface area contributed by atoms with Gasteiger partial charge in [0.2, 0.25) is 5.91 Å². The van der Waals surface area contributed by atoms with Gasteiger partial charge in [0.05, 0.1) is 0 Å². The number of amides is 2.